The first-order valence-corrected chi connectivity index (χ1v) is 7.10. The summed E-state index contributed by atoms with van der Waals surface area (Å²) in [5, 5.41) is 3.46. The molecule has 3 heteroatoms. The average Bonchev–Trinajstić information content (AvgIpc) is 2.40. The summed E-state index contributed by atoms with van der Waals surface area (Å²) in [5.41, 5.74) is 3.64. The third-order valence-electron chi connectivity index (χ3n) is 3.30. The highest BCUT2D eigenvalue weighted by Gasteiger charge is 2.08. The van der Waals surface area contributed by atoms with E-state index in [-0.39, 0.29) is 11.9 Å². The van der Waals surface area contributed by atoms with Crippen molar-refractivity contribution in [2.45, 2.75) is 26.4 Å². The SMILES string of the molecule is Cc1ccccc1CNC(C)c1ccc(F)c(Br)c1. The normalized spacial score (nSPS) is 12.4. The molecule has 0 saturated heterocycles. The Hall–Kier alpha value is -1.19. The molecule has 0 aliphatic rings. The summed E-state index contributed by atoms with van der Waals surface area (Å²) >= 11 is 3.22. The van der Waals surface area contributed by atoms with E-state index in [1.165, 1.54) is 17.2 Å². The van der Waals surface area contributed by atoms with Gasteiger partial charge in [-0.15, -0.1) is 0 Å². The minimum atomic E-state index is -0.227. The van der Waals surface area contributed by atoms with Gasteiger partial charge in [-0.2, -0.15) is 0 Å². The summed E-state index contributed by atoms with van der Waals surface area (Å²) in [6.07, 6.45) is 0. The monoisotopic (exact) mass is 321 g/mol. The summed E-state index contributed by atoms with van der Waals surface area (Å²) in [7, 11) is 0. The number of halogens is 2. The van der Waals surface area contributed by atoms with E-state index in [1.54, 1.807) is 0 Å². The molecule has 100 valence electrons. The molecule has 2 aromatic rings. The highest BCUT2D eigenvalue weighted by Crippen LogP contribution is 2.21. The first-order valence-electron chi connectivity index (χ1n) is 6.31. The maximum absolute atomic E-state index is 13.2. The van der Waals surface area contributed by atoms with Crippen LogP contribution < -0.4 is 5.32 Å². The van der Waals surface area contributed by atoms with Crippen LogP contribution in [0.1, 0.15) is 29.7 Å². The second kappa shape index (κ2) is 6.31. The van der Waals surface area contributed by atoms with Gasteiger partial charge in [-0.3, -0.25) is 0 Å². The van der Waals surface area contributed by atoms with Crippen LogP contribution in [0, 0.1) is 12.7 Å². The Morgan fingerprint density at radius 2 is 1.95 bits per heavy atom. The topological polar surface area (TPSA) is 12.0 Å². The third-order valence-corrected chi connectivity index (χ3v) is 3.91. The van der Waals surface area contributed by atoms with E-state index in [0.29, 0.717) is 4.47 Å². The minimum absolute atomic E-state index is 0.177. The first-order chi connectivity index (χ1) is 9.08. The molecule has 0 fully saturated rings. The van der Waals surface area contributed by atoms with Crippen LogP contribution in [0.5, 0.6) is 0 Å². The Kier molecular flexibility index (Phi) is 4.72. The van der Waals surface area contributed by atoms with Gasteiger partial charge in [0.2, 0.25) is 0 Å². The molecule has 1 atom stereocenters. The molecule has 0 radical (unpaired) electrons. The van der Waals surface area contributed by atoms with E-state index >= 15 is 0 Å². The summed E-state index contributed by atoms with van der Waals surface area (Å²) in [6.45, 7) is 5.00. The fourth-order valence-electron chi connectivity index (χ4n) is 1.97. The molecule has 0 bridgehead atoms. The number of hydrogen-bond donors (Lipinski definition) is 1. The van der Waals surface area contributed by atoms with Crippen LogP contribution in [0.15, 0.2) is 46.9 Å². The second-order valence-corrected chi connectivity index (χ2v) is 5.56. The molecule has 0 aromatic heterocycles. The fraction of sp³-hybridized carbons (Fsp3) is 0.250. The molecule has 0 aliphatic carbocycles. The number of hydrogen-bond acceptors (Lipinski definition) is 1. The van der Waals surface area contributed by atoms with E-state index in [4.69, 9.17) is 0 Å². The number of nitrogens with one attached hydrogen (secondary N) is 1. The second-order valence-electron chi connectivity index (χ2n) is 4.70. The first kappa shape index (κ1) is 14.2. The van der Waals surface area contributed by atoms with Crippen molar-refractivity contribution in [1.82, 2.24) is 5.32 Å². The summed E-state index contributed by atoms with van der Waals surface area (Å²) < 4.78 is 13.7. The summed E-state index contributed by atoms with van der Waals surface area (Å²) in [5.74, 6) is -0.227. The molecule has 1 N–H and O–H groups in total. The number of aryl methyl sites for hydroxylation is 1. The zero-order valence-corrected chi connectivity index (χ0v) is 12.7. The van der Waals surface area contributed by atoms with Crippen molar-refractivity contribution in [3.8, 4) is 0 Å². The summed E-state index contributed by atoms with van der Waals surface area (Å²) in [4.78, 5) is 0. The molecule has 0 aliphatic heterocycles. The Labute approximate surface area is 122 Å². The van der Waals surface area contributed by atoms with Gasteiger partial charge in [-0.25, -0.2) is 4.39 Å². The van der Waals surface area contributed by atoms with Crippen molar-refractivity contribution in [3.05, 3.63) is 69.4 Å². The van der Waals surface area contributed by atoms with Gasteiger partial charge in [0.25, 0.3) is 0 Å². The molecule has 1 unspecified atom stereocenters. The fourth-order valence-corrected chi connectivity index (χ4v) is 2.37. The number of rotatable bonds is 4. The maximum atomic E-state index is 13.2. The molecule has 1 nitrogen and oxygen atoms in total. The third kappa shape index (κ3) is 3.64. The Balaban J connectivity index is 2.03. The van der Waals surface area contributed by atoms with Crippen LogP contribution >= 0.6 is 15.9 Å². The molecule has 2 rings (SSSR count). The highest BCUT2D eigenvalue weighted by atomic mass is 79.9. The van der Waals surface area contributed by atoms with Crippen LogP contribution in [-0.2, 0) is 6.54 Å². The molecular formula is C16H17BrFN. The van der Waals surface area contributed by atoms with Crippen LogP contribution in [0.2, 0.25) is 0 Å². The zero-order valence-electron chi connectivity index (χ0n) is 11.1. The largest absolute Gasteiger partial charge is 0.306 e. The van der Waals surface area contributed by atoms with E-state index in [9.17, 15) is 4.39 Å². The van der Waals surface area contributed by atoms with Crippen LogP contribution in [-0.4, -0.2) is 0 Å². The predicted octanol–water partition coefficient (Wildman–Crippen LogP) is 4.75. The van der Waals surface area contributed by atoms with Crippen molar-refractivity contribution < 1.29 is 4.39 Å². The molecule has 0 saturated carbocycles. The van der Waals surface area contributed by atoms with Gasteiger partial charge in [0.15, 0.2) is 0 Å². The van der Waals surface area contributed by atoms with Crippen LogP contribution in [0.25, 0.3) is 0 Å². The molecule has 0 spiro atoms. The van der Waals surface area contributed by atoms with Crippen molar-refractivity contribution in [2.75, 3.05) is 0 Å². The van der Waals surface area contributed by atoms with E-state index in [2.05, 4.69) is 47.2 Å². The maximum Gasteiger partial charge on any atom is 0.137 e. The minimum Gasteiger partial charge on any atom is -0.306 e. The molecule has 19 heavy (non-hydrogen) atoms. The van der Waals surface area contributed by atoms with Gasteiger partial charge in [-0.1, -0.05) is 30.3 Å². The van der Waals surface area contributed by atoms with E-state index in [0.717, 1.165) is 12.1 Å². The average molecular weight is 322 g/mol. The van der Waals surface area contributed by atoms with Gasteiger partial charge in [0.05, 0.1) is 4.47 Å². The quantitative estimate of drug-likeness (QED) is 0.857. The lowest BCUT2D eigenvalue weighted by molar-refractivity contribution is 0.568. The molecule has 2 aromatic carbocycles. The van der Waals surface area contributed by atoms with Gasteiger partial charge in [0, 0.05) is 12.6 Å². The van der Waals surface area contributed by atoms with Crippen molar-refractivity contribution >= 4 is 15.9 Å². The predicted molar refractivity (Wildman–Crippen MR) is 80.5 cm³/mol. The van der Waals surface area contributed by atoms with Crippen LogP contribution in [0.4, 0.5) is 4.39 Å². The number of benzene rings is 2. The lowest BCUT2D eigenvalue weighted by Gasteiger charge is -2.16. The Morgan fingerprint density at radius 3 is 2.63 bits per heavy atom. The lowest BCUT2D eigenvalue weighted by atomic mass is 10.1. The smallest absolute Gasteiger partial charge is 0.137 e. The highest BCUT2D eigenvalue weighted by molar-refractivity contribution is 9.10. The summed E-state index contributed by atoms with van der Waals surface area (Å²) in [6, 6.07) is 13.6. The standard InChI is InChI=1S/C16H17BrFN/c1-11-5-3-4-6-14(11)10-19-12(2)13-7-8-16(18)15(17)9-13/h3-9,12,19H,10H2,1-2H3. The van der Waals surface area contributed by atoms with Gasteiger partial charge < -0.3 is 5.32 Å². The molecular weight excluding hydrogens is 305 g/mol. The van der Waals surface area contributed by atoms with Gasteiger partial charge in [0.1, 0.15) is 5.82 Å². The Morgan fingerprint density at radius 1 is 1.21 bits per heavy atom. The Bertz CT molecular complexity index is 568. The van der Waals surface area contributed by atoms with E-state index in [1.807, 2.05) is 24.3 Å². The van der Waals surface area contributed by atoms with Gasteiger partial charge >= 0.3 is 0 Å². The van der Waals surface area contributed by atoms with Crippen molar-refractivity contribution in [3.63, 3.8) is 0 Å². The lowest BCUT2D eigenvalue weighted by Crippen LogP contribution is -2.18. The van der Waals surface area contributed by atoms with Crippen molar-refractivity contribution in [2.24, 2.45) is 0 Å². The van der Waals surface area contributed by atoms with E-state index < -0.39 is 0 Å². The molecule has 0 heterocycles. The van der Waals surface area contributed by atoms with Gasteiger partial charge in [-0.05, 0) is 58.6 Å². The molecule has 0 amide bonds. The zero-order chi connectivity index (χ0) is 13.8. The van der Waals surface area contributed by atoms with Crippen molar-refractivity contribution in [1.29, 1.82) is 0 Å². The van der Waals surface area contributed by atoms with Crippen LogP contribution in [0.3, 0.4) is 0 Å².